The number of carbonyl (C=O) groups excluding carboxylic acids is 1. The number of carbonyl (C=O) groups is 1. The summed E-state index contributed by atoms with van der Waals surface area (Å²) in [5.41, 5.74) is 0.628. The van der Waals surface area contributed by atoms with Crippen molar-refractivity contribution in [3.05, 3.63) is 81.9 Å². The van der Waals surface area contributed by atoms with Gasteiger partial charge in [-0.05, 0) is 49.4 Å². The predicted octanol–water partition coefficient (Wildman–Crippen LogP) is 5.11. The van der Waals surface area contributed by atoms with Gasteiger partial charge in [0.2, 0.25) is 0 Å². The Morgan fingerprint density at radius 1 is 1.09 bits per heavy atom. The predicted molar refractivity (Wildman–Crippen MR) is 148 cm³/mol. The van der Waals surface area contributed by atoms with E-state index in [1.807, 2.05) is 0 Å². The summed E-state index contributed by atoms with van der Waals surface area (Å²) >= 11 is 0. The number of hydrogen-bond donors (Lipinski definition) is 2. The van der Waals surface area contributed by atoms with Crippen LogP contribution < -0.4 is 11.0 Å². The molecule has 1 unspecified atom stereocenters. The molecule has 10 nitrogen and oxygen atoms in total. The number of rotatable bonds is 5. The van der Waals surface area contributed by atoms with Crippen molar-refractivity contribution in [1.82, 2.24) is 34.3 Å². The first-order chi connectivity index (χ1) is 21.1. The van der Waals surface area contributed by atoms with E-state index in [4.69, 9.17) is 4.74 Å². The van der Waals surface area contributed by atoms with E-state index in [1.54, 1.807) is 27.8 Å². The second-order valence-electron chi connectivity index (χ2n) is 11.1. The van der Waals surface area contributed by atoms with E-state index in [-0.39, 0.29) is 48.2 Å². The number of nitrogens with one attached hydrogen (secondary N) is 2. The number of alkyl halides is 3. The first kappa shape index (κ1) is 29.8. The number of ether oxygens (including phenoxy) is 1. The maximum Gasteiger partial charge on any atom is 0.420 e. The van der Waals surface area contributed by atoms with E-state index >= 15 is 0 Å². The molecule has 2 N–H and O–H groups in total. The Bertz CT molecular complexity index is 1720. The first-order valence-electron chi connectivity index (χ1n) is 14.3. The monoisotopic (exact) mass is 619 g/mol. The van der Waals surface area contributed by atoms with Crippen LogP contribution in [0.25, 0.3) is 11.2 Å². The molecule has 3 atom stereocenters. The van der Waals surface area contributed by atoms with Crippen molar-refractivity contribution in [2.75, 3.05) is 20.2 Å². The third-order valence-electron chi connectivity index (χ3n) is 8.56. The lowest BCUT2D eigenvalue weighted by Gasteiger charge is -2.33. The molecule has 0 saturated carbocycles. The van der Waals surface area contributed by atoms with Crippen molar-refractivity contribution in [3.8, 4) is 0 Å². The van der Waals surface area contributed by atoms with Gasteiger partial charge >= 0.3 is 17.9 Å². The molecular formula is C29H30F5N7O3. The highest BCUT2D eigenvalue weighted by molar-refractivity contribution is 5.75. The highest BCUT2D eigenvalue weighted by atomic mass is 19.4. The minimum atomic E-state index is -4.76. The highest BCUT2D eigenvalue weighted by Crippen LogP contribution is 2.40. The zero-order chi connectivity index (χ0) is 31.2. The van der Waals surface area contributed by atoms with Crippen LogP contribution in [0.15, 0.2) is 47.5 Å². The smallest absolute Gasteiger partial charge is 0.366 e. The number of pyridine rings is 1. The van der Waals surface area contributed by atoms with Gasteiger partial charge in [-0.3, -0.25) is 9.55 Å². The zero-order valence-corrected chi connectivity index (χ0v) is 23.7. The number of halogens is 5. The van der Waals surface area contributed by atoms with E-state index in [1.165, 1.54) is 16.7 Å². The molecule has 1 saturated heterocycles. The van der Waals surface area contributed by atoms with Crippen molar-refractivity contribution in [2.24, 2.45) is 0 Å². The molecule has 1 fully saturated rings. The number of H-pyrrole nitrogens is 1. The second kappa shape index (κ2) is 11.7. The zero-order valence-electron chi connectivity index (χ0n) is 23.7. The second-order valence-corrected chi connectivity index (χ2v) is 11.1. The molecule has 0 spiro atoms. The summed E-state index contributed by atoms with van der Waals surface area (Å²) in [4.78, 5) is 38.8. The molecule has 3 aromatic heterocycles. The average molecular weight is 620 g/mol. The lowest BCUT2D eigenvalue weighted by atomic mass is 9.92. The van der Waals surface area contributed by atoms with Gasteiger partial charge in [-0.2, -0.15) is 13.2 Å². The molecule has 2 aliphatic heterocycles. The molecule has 234 valence electrons. The van der Waals surface area contributed by atoms with Gasteiger partial charge in [0.25, 0.3) is 0 Å². The van der Waals surface area contributed by atoms with Gasteiger partial charge in [0, 0.05) is 44.9 Å². The Balaban J connectivity index is 1.23. The van der Waals surface area contributed by atoms with Crippen molar-refractivity contribution >= 4 is 17.2 Å². The fourth-order valence-corrected chi connectivity index (χ4v) is 6.44. The standard InChI is InChI=1S/C29H30F5N7O3/c1-44-24(29(32,33)34)22-14-36-26-20(8-7-16(15-40(22)26)18-4-2-5-19(30)23(18)31)37-27(42)39-12-9-17(10-13-39)41-21-6-3-11-35-25(21)38-28(41)43/h2-6,11,14,16-17,20,24H,7-10,12-13,15H2,1H3,(H,37,42)(H,35,38,43)/t16-,20-,24?/m1/s1. The van der Waals surface area contributed by atoms with Gasteiger partial charge in [0.1, 0.15) is 5.82 Å². The number of amides is 2. The topological polar surface area (TPSA) is 110 Å². The lowest BCUT2D eigenvalue weighted by molar-refractivity contribution is -0.218. The van der Waals surface area contributed by atoms with E-state index in [0.717, 1.165) is 19.4 Å². The van der Waals surface area contributed by atoms with Crippen LogP contribution in [0.4, 0.5) is 26.7 Å². The van der Waals surface area contributed by atoms with Crippen LogP contribution in [-0.2, 0) is 11.3 Å². The molecule has 5 heterocycles. The largest absolute Gasteiger partial charge is 0.420 e. The summed E-state index contributed by atoms with van der Waals surface area (Å²) in [6.45, 7) is 0.547. The highest BCUT2D eigenvalue weighted by Gasteiger charge is 2.45. The summed E-state index contributed by atoms with van der Waals surface area (Å²) in [5.74, 6) is -2.63. The SMILES string of the molecule is COC(c1cnc2n1C[C@H](c1cccc(F)c1F)CC[C@H]2NC(=O)N1CCC(n2c(=O)[nH]c3ncccc32)CC1)C(F)(F)F. The number of benzene rings is 1. The molecular weight excluding hydrogens is 589 g/mol. The van der Waals surface area contributed by atoms with E-state index in [9.17, 15) is 31.5 Å². The molecule has 15 heteroatoms. The molecule has 44 heavy (non-hydrogen) atoms. The Labute approximate surface area is 247 Å². The Morgan fingerprint density at radius 2 is 1.86 bits per heavy atom. The number of fused-ring (bicyclic) bond motifs is 2. The number of nitrogens with zero attached hydrogens (tertiary/aromatic N) is 5. The lowest BCUT2D eigenvalue weighted by Crippen LogP contribution is -2.46. The normalized spacial score (nSPS) is 20.4. The van der Waals surface area contributed by atoms with Gasteiger partial charge in [0.05, 0.1) is 23.4 Å². The van der Waals surface area contributed by atoms with Crippen LogP contribution in [0.5, 0.6) is 0 Å². The van der Waals surface area contributed by atoms with Gasteiger partial charge in [-0.25, -0.2) is 28.3 Å². The molecule has 2 amide bonds. The van der Waals surface area contributed by atoms with Crippen LogP contribution in [0.2, 0.25) is 0 Å². The third kappa shape index (κ3) is 5.44. The maximum absolute atomic E-state index is 14.8. The van der Waals surface area contributed by atoms with Gasteiger partial charge < -0.3 is 19.5 Å². The molecule has 6 rings (SSSR count). The third-order valence-corrected chi connectivity index (χ3v) is 8.56. The van der Waals surface area contributed by atoms with Crippen LogP contribution >= 0.6 is 0 Å². The van der Waals surface area contributed by atoms with E-state index in [2.05, 4.69) is 20.3 Å². The van der Waals surface area contributed by atoms with Gasteiger partial charge in [-0.1, -0.05) is 12.1 Å². The van der Waals surface area contributed by atoms with Crippen LogP contribution in [-0.4, -0.2) is 61.4 Å². The fraction of sp³-hybridized carbons (Fsp3) is 0.448. The molecule has 0 aliphatic carbocycles. The Morgan fingerprint density at radius 3 is 2.59 bits per heavy atom. The number of imidazole rings is 2. The van der Waals surface area contributed by atoms with E-state index < -0.39 is 41.9 Å². The quantitative estimate of drug-likeness (QED) is 0.302. The number of aromatic amines is 1. The van der Waals surface area contributed by atoms with Crippen LogP contribution in [0.1, 0.15) is 66.9 Å². The Hall–Kier alpha value is -4.27. The molecule has 2 aliphatic rings. The minimum absolute atomic E-state index is 0.0355. The summed E-state index contributed by atoms with van der Waals surface area (Å²) < 4.78 is 78.4. The Kier molecular flexibility index (Phi) is 7.90. The fourth-order valence-electron chi connectivity index (χ4n) is 6.44. The number of likely N-dealkylation sites (tertiary alicyclic amines) is 1. The summed E-state index contributed by atoms with van der Waals surface area (Å²) in [7, 11) is 0.933. The summed E-state index contributed by atoms with van der Waals surface area (Å²) in [5, 5.41) is 2.91. The van der Waals surface area contributed by atoms with Crippen LogP contribution in [0, 0.1) is 11.6 Å². The minimum Gasteiger partial charge on any atom is -0.366 e. The number of urea groups is 1. The van der Waals surface area contributed by atoms with Crippen molar-refractivity contribution in [2.45, 2.75) is 62.5 Å². The van der Waals surface area contributed by atoms with E-state index in [0.29, 0.717) is 37.1 Å². The average Bonchev–Trinajstić information content (AvgIpc) is 3.49. The first-order valence-corrected chi connectivity index (χ1v) is 14.3. The maximum atomic E-state index is 14.8. The molecule has 1 aromatic carbocycles. The van der Waals surface area contributed by atoms with Crippen LogP contribution in [0.3, 0.4) is 0 Å². The molecule has 4 aromatic rings. The molecule has 0 bridgehead atoms. The summed E-state index contributed by atoms with van der Waals surface area (Å²) in [6.07, 6.45) is -2.95. The number of aromatic nitrogens is 5. The van der Waals surface area contributed by atoms with Crippen molar-refractivity contribution < 1.29 is 31.5 Å². The number of piperidine rings is 1. The summed E-state index contributed by atoms with van der Waals surface area (Å²) in [6, 6.07) is 5.90. The van der Waals surface area contributed by atoms with Crippen molar-refractivity contribution in [1.29, 1.82) is 0 Å². The van der Waals surface area contributed by atoms with Gasteiger partial charge in [0.15, 0.2) is 23.4 Å². The van der Waals surface area contributed by atoms with Crippen molar-refractivity contribution in [3.63, 3.8) is 0 Å². The molecule has 0 radical (unpaired) electrons. The van der Waals surface area contributed by atoms with Gasteiger partial charge in [-0.15, -0.1) is 0 Å². The number of hydrogen-bond acceptors (Lipinski definition) is 5. The number of methoxy groups -OCH3 is 1.